The zero-order valence-electron chi connectivity index (χ0n) is 18.4. The first-order valence-electron chi connectivity index (χ1n) is 10.8. The Morgan fingerprint density at radius 1 is 1.10 bits per heavy atom. The number of rotatable bonds is 7. The lowest BCUT2D eigenvalue weighted by atomic mass is 9.97. The molecule has 1 fully saturated rings. The molecule has 1 aliphatic heterocycles. The normalized spacial score (nSPS) is 14.9. The molecule has 1 saturated heterocycles. The topological polar surface area (TPSA) is 43.8 Å². The average molecular weight is 431 g/mol. The molecule has 0 saturated carbocycles. The minimum atomic E-state index is 0. The van der Waals surface area contributed by atoms with E-state index in [9.17, 15) is 9.90 Å². The Kier molecular flexibility index (Phi) is 9.19. The van der Waals surface area contributed by atoms with Crippen LogP contribution in [0.1, 0.15) is 48.4 Å². The molecule has 0 bridgehead atoms. The molecular weight excluding hydrogens is 396 g/mol. The smallest absolute Gasteiger partial charge is 0.222 e. The SMILES string of the molecule is CCC(=O)N(Cc1ccccc1)C1CCN(CCc2c(C)cc(O)cc2C)CC1.Cl. The van der Waals surface area contributed by atoms with Crippen molar-refractivity contribution in [3.63, 3.8) is 0 Å². The predicted octanol–water partition coefficient (Wildman–Crippen LogP) is 4.88. The zero-order chi connectivity index (χ0) is 20.8. The van der Waals surface area contributed by atoms with E-state index in [0.717, 1.165) is 38.9 Å². The van der Waals surface area contributed by atoms with Gasteiger partial charge in [0.2, 0.25) is 5.91 Å². The summed E-state index contributed by atoms with van der Waals surface area (Å²) in [7, 11) is 0. The van der Waals surface area contributed by atoms with Gasteiger partial charge in [0, 0.05) is 38.6 Å². The Hall–Kier alpha value is -2.04. The molecular formula is C25H35ClN2O2. The van der Waals surface area contributed by atoms with E-state index in [0.29, 0.717) is 24.8 Å². The van der Waals surface area contributed by atoms with E-state index in [1.165, 1.54) is 22.3 Å². The van der Waals surface area contributed by atoms with Crippen molar-refractivity contribution in [1.29, 1.82) is 0 Å². The summed E-state index contributed by atoms with van der Waals surface area (Å²) in [5.41, 5.74) is 4.88. The summed E-state index contributed by atoms with van der Waals surface area (Å²) in [6, 6.07) is 14.3. The van der Waals surface area contributed by atoms with Crippen LogP contribution in [0.3, 0.4) is 0 Å². The maximum atomic E-state index is 12.6. The van der Waals surface area contributed by atoms with E-state index in [1.54, 1.807) is 0 Å². The fourth-order valence-corrected chi connectivity index (χ4v) is 4.49. The summed E-state index contributed by atoms with van der Waals surface area (Å²) in [4.78, 5) is 17.2. The summed E-state index contributed by atoms with van der Waals surface area (Å²) in [6.45, 7) is 9.91. The fourth-order valence-electron chi connectivity index (χ4n) is 4.49. The molecule has 1 N–H and O–H groups in total. The number of piperidine rings is 1. The summed E-state index contributed by atoms with van der Waals surface area (Å²) in [5, 5.41) is 9.74. The number of phenolic OH excluding ortho intramolecular Hbond substituents is 1. The molecule has 5 heteroatoms. The maximum absolute atomic E-state index is 12.6. The highest BCUT2D eigenvalue weighted by atomic mass is 35.5. The Balaban J connectivity index is 0.00000320. The van der Waals surface area contributed by atoms with Crippen LogP contribution in [0.2, 0.25) is 0 Å². The Bertz CT molecular complexity index is 794. The number of aryl methyl sites for hydroxylation is 2. The minimum Gasteiger partial charge on any atom is -0.508 e. The summed E-state index contributed by atoms with van der Waals surface area (Å²) < 4.78 is 0. The Morgan fingerprint density at radius 3 is 2.27 bits per heavy atom. The van der Waals surface area contributed by atoms with Crippen molar-refractivity contribution in [3.8, 4) is 5.75 Å². The minimum absolute atomic E-state index is 0. The second-order valence-electron chi connectivity index (χ2n) is 8.24. The monoisotopic (exact) mass is 430 g/mol. The highest BCUT2D eigenvalue weighted by Gasteiger charge is 2.27. The third-order valence-electron chi connectivity index (χ3n) is 6.18. The first-order valence-corrected chi connectivity index (χ1v) is 10.8. The van der Waals surface area contributed by atoms with E-state index >= 15 is 0 Å². The lowest BCUT2D eigenvalue weighted by Gasteiger charge is -2.39. The van der Waals surface area contributed by atoms with E-state index in [4.69, 9.17) is 0 Å². The van der Waals surface area contributed by atoms with Gasteiger partial charge in [-0.1, -0.05) is 37.3 Å². The summed E-state index contributed by atoms with van der Waals surface area (Å²) in [6.07, 6.45) is 3.63. The van der Waals surface area contributed by atoms with Crippen LogP contribution >= 0.6 is 12.4 Å². The van der Waals surface area contributed by atoms with Crippen LogP contribution in [0, 0.1) is 13.8 Å². The second-order valence-corrected chi connectivity index (χ2v) is 8.24. The molecule has 4 nitrogen and oxygen atoms in total. The maximum Gasteiger partial charge on any atom is 0.222 e. The van der Waals surface area contributed by atoms with Crippen LogP contribution in [0.5, 0.6) is 5.75 Å². The van der Waals surface area contributed by atoms with Gasteiger partial charge in [-0.3, -0.25) is 4.79 Å². The lowest BCUT2D eigenvalue weighted by molar-refractivity contribution is -0.135. The first-order chi connectivity index (χ1) is 14.0. The number of hydrogen-bond donors (Lipinski definition) is 1. The molecule has 164 valence electrons. The number of nitrogens with zero attached hydrogens (tertiary/aromatic N) is 2. The quantitative estimate of drug-likeness (QED) is 0.681. The Labute approximate surface area is 187 Å². The van der Waals surface area contributed by atoms with Gasteiger partial charge in [-0.05, 0) is 67.5 Å². The molecule has 30 heavy (non-hydrogen) atoms. The van der Waals surface area contributed by atoms with Crippen LogP contribution in [-0.2, 0) is 17.8 Å². The van der Waals surface area contributed by atoms with Crippen molar-refractivity contribution in [1.82, 2.24) is 9.80 Å². The van der Waals surface area contributed by atoms with Crippen LogP contribution in [-0.4, -0.2) is 46.5 Å². The molecule has 0 spiro atoms. The van der Waals surface area contributed by atoms with Crippen LogP contribution in [0.4, 0.5) is 0 Å². The van der Waals surface area contributed by atoms with Crippen LogP contribution in [0.25, 0.3) is 0 Å². The van der Waals surface area contributed by atoms with Gasteiger partial charge in [-0.2, -0.15) is 0 Å². The number of phenols is 1. The number of hydrogen-bond acceptors (Lipinski definition) is 3. The molecule has 0 atom stereocenters. The molecule has 3 rings (SSSR count). The van der Waals surface area contributed by atoms with Crippen LogP contribution < -0.4 is 0 Å². The van der Waals surface area contributed by atoms with E-state index in [1.807, 2.05) is 37.3 Å². The van der Waals surface area contributed by atoms with E-state index in [-0.39, 0.29) is 18.3 Å². The second kappa shape index (κ2) is 11.4. The molecule has 2 aromatic carbocycles. The van der Waals surface area contributed by atoms with Gasteiger partial charge in [-0.25, -0.2) is 0 Å². The number of amides is 1. The van der Waals surface area contributed by atoms with Gasteiger partial charge in [0.05, 0.1) is 0 Å². The molecule has 0 aliphatic carbocycles. The van der Waals surface area contributed by atoms with Crippen molar-refractivity contribution in [2.24, 2.45) is 0 Å². The third-order valence-corrected chi connectivity index (χ3v) is 6.18. The number of aromatic hydroxyl groups is 1. The number of likely N-dealkylation sites (tertiary alicyclic amines) is 1. The third kappa shape index (κ3) is 6.23. The van der Waals surface area contributed by atoms with Crippen molar-refractivity contribution < 1.29 is 9.90 Å². The number of carbonyl (C=O) groups is 1. The van der Waals surface area contributed by atoms with Crippen molar-refractivity contribution >= 4 is 18.3 Å². The number of carbonyl (C=O) groups excluding carboxylic acids is 1. The van der Waals surface area contributed by atoms with E-state index in [2.05, 4.69) is 35.8 Å². The van der Waals surface area contributed by atoms with E-state index < -0.39 is 0 Å². The van der Waals surface area contributed by atoms with Crippen molar-refractivity contribution in [3.05, 3.63) is 64.7 Å². The van der Waals surface area contributed by atoms with Crippen molar-refractivity contribution in [2.45, 2.75) is 59.0 Å². The van der Waals surface area contributed by atoms with Gasteiger partial charge >= 0.3 is 0 Å². The highest BCUT2D eigenvalue weighted by molar-refractivity contribution is 5.85. The Morgan fingerprint density at radius 2 is 1.70 bits per heavy atom. The standard InChI is InChI=1S/C25H34N2O2.ClH/c1-4-25(29)27(18-21-8-6-5-7-9-21)22-10-13-26(14-11-22)15-12-24-19(2)16-23(28)17-20(24)3;/h5-9,16-17,22,28H,4,10-15,18H2,1-3H3;1H. The summed E-state index contributed by atoms with van der Waals surface area (Å²) >= 11 is 0. The molecule has 0 unspecified atom stereocenters. The molecule has 0 radical (unpaired) electrons. The summed E-state index contributed by atoms with van der Waals surface area (Å²) in [5.74, 6) is 0.603. The molecule has 1 heterocycles. The molecule has 1 aliphatic rings. The van der Waals surface area contributed by atoms with Gasteiger partial charge < -0.3 is 14.9 Å². The highest BCUT2D eigenvalue weighted by Crippen LogP contribution is 2.23. The largest absolute Gasteiger partial charge is 0.508 e. The fraction of sp³-hybridized carbons (Fsp3) is 0.480. The van der Waals surface area contributed by atoms with Crippen molar-refractivity contribution in [2.75, 3.05) is 19.6 Å². The number of halogens is 1. The van der Waals surface area contributed by atoms with Gasteiger partial charge in [0.1, 0.15) is 5.75 Å². The molecule has 1 amide bonds. The van der Waals surface area contributed by atoms with Gasteiger partial charge in [0.25, 0.3) is 0 Å². The predicted molar refractivity (Wildman–Crippen MR) is 125 cm³/mol. The van der Waals surface area contributed by atoms with Gasteiger partial charge in [-0.15, -0.1) is 12.4 Å². The molecule has 2 aromatic rings. The first kappa shape index (κ1) is 24.2. The average Bonchev–Trinajstić information content (AvgIpc) is 2.72. The van der Waals surface area contributed by atoms with Gasteiger partial charge in [0.15, 0.2) is 0 Å². The van der Waals surface area contributed by atoms with Crippen LogP contribution in [0.15, 0.2) is 42.5 Å². The number of benzene rings is 2. The zero-order valence-corrected chi connectivity index (χ0v) is 19.3. The molecule has 0 aromatic heterocycles. The lowest BCUT2D eigenvalue weighted by Crippen LogP contribution is -2.47.